The number of benzene rings is 3. The first-order valence-electron chi connectivity index (χ1n) is 9.59. The van der Waals surface area contributed by atoms with E-state index in [-0.39, 0.29) is 11.9 Å². The van der Waals surface area contributed by atoms with Gasteiger partial charge in [-0.2, -0.15) is 0 Å². The summed E-state index contributed by atoms with van der Waals surface area (Å²) >= 11 is 0. The van der Waals surface area contributed by atoms with E-state index in [4.69, 9.17) is 0 Å². The monoisotopic (exact) mass is 365 g/mol. The third-order valence-corrected chi connectivity index (χ3v) is 5.17. The molecule has 4 rings (SSSR count). The highest BCUT2D eigenvalue weighted by molar-refractivity contribution is 5.96. The van der Waals surface area contributed by atoms with Gasteiger partial charge in [0.25, 0.3) is 5.91 Å². The van der Waals surface area contributed by atoms with Crippen LogP contribution in [-0.4, -0.2) is 16.8 Å². The van der Waals surface area contributed by atoms with E-state index in [9.17, 15) is 4.79 Å². The minimum atomic E-state index is 0.0260. The molecule has 1 amide bonds. The third kappa shape index (κ3) is 3.96. The molecule has 2 heteroatoms. The van der Waals surface area contributed by atoms with Gasteiger partial charge in [0.1, 0.15) is 0 Å². The highest BCUT2D eigenvalue weighted by Crippen LogP contribution is 2.27. The minimum absolute atomic E-state index is 0.0260. The normalized spacial score (nSPS) is 16.9. The summed E-state index contributed by atoms with van der Waals surface area (Å²) in [6, 6.07) is 29.1. The number of carbonyl (C=O) groups excluding carboxylic acids is 1. The molecule has 138 valence electrons. The van der Waals surface area contributed by atoms with Crippen LogP contribution in [0.1, 0.15) is 17.5 Å². The van der Waals surface area contributed by atoms with Crippen molar-refractivity contribution >= 4 is 12.0 Å². The molecule has 1 fully saturated rings. The van der Waals surface area contributed by atoms with E-state index in [0.717, 1.165) is 12.0 Å². The lowest BCUT2D eigenvalue weighted by Gasteiger charge is -2.20. The second kappa shape index (κ2) is 8.10. The summed E-state index contributed by atoms with van der Waals surface area (Å²) in [7, 11) is 0. The Morgan fingerprint density at radius 1 is 0.857 bits per heavy atom. The largest absolute Gasteiger partial charge is 0.312 e. The summed E-state index contributed by atoms with van der Waals surface area (Å²) in [6.07, 6.45) is 5.41. The minimum Gasteiger partial charge on any atom is -0.312 e. The fraction of sp³-hybridized carbons (Fsp3) is 0.115. The molecule has 0 aliphatic carbocycles. The maximum Gasteiger partial charge on any atom is 0.253 e. The highest BCUT2D eigenvalue weighted by Gasteiger charge is 2.32. The predicted octanol–water partition coefficient (Wildman–Crippen LogP) is 5.72. The molecule has 1 aliphatic rings. The zero-order chi connectivity index (χ0) is 19.3. The smallest absolute Gasteiger partial charge is 0.253 e. The Labute approximate surface area is 166 Å². The van der Waals surface area contributed by atoms with Gasteiger partial charge in [-0.1, -0.05) is 91.5 Å². The summed E-state index contributed by atoms with van der Waals surface area (Å²) < 4.78 is 0. The standard InChI is InChI=1S/C26H23NO/c1-20-18-25(27(26(20)28)17-16-21-8-4-2-5-9-21)19-22-12-14-24(15-13-22)23-10-6-3-7-11-23/h2-17,25H,1,18-19H2/b17-16+. The molecule has 1 unspecified atom stereocenters. The molecule has 28 heavy (non-hydrogen) atoms. The first-order chi connectivity index (χ1) is 13.7. The summed E-state index contributed by atoms with van der Waals surface area (Å²) in [5, 5.41) is 0. The van der Waals surface area contributed by atoms with Crippen molar-refractivity contribution in [2.45, 2.75) is 18.9 Å². The van der Waals surface area contributed by atoms with Crippen LogP contribution in [0.4, 0.5) is 0 Å². The van der Waals surface area contributed by atoms with Crippen molar-refractivity contribution in [1.82, 2.24) is 4.90 Å². The summed E-state index contributed by atoms with van der Waals surface area (Å²) in [4.78, 5) is 14.4. The van der Waals surface area contributed by atoms with Crippen LogP contribution < -0.4 is 0 Å². The molecule has 0 spiro atoms. The number of hydrogen-bond acceptors (Lipinski definition) is 1. The lowest BCUT2D eigenvalue weighted by atomic mass is 9.99. The van der Waals surface area contributed by atoms with Gasteiger partial charge < -0.3 is 4.90 Å². The molecule has 0 bridgehead atoms. The number of nitrogens with zero attached hydrogens (tertiary/aromatic N) is 1. The lowest BCUT2D eigenvalue weighted by Crippen LogP contribution is -2.29. The van der Waals surface area contributed by atoms with Crippen molar-refractivity contribution in [1.29, 1.82) is 0 Å². The first kappa shape index (κ1) is 18.0. The first-order valence-corrected chi connectivity index (χ1v) is 9.59. The molecule has 2 nitrogen and oxygen atoms in total. The van der Waals surface area contributed by atoms with Crippen LogP contribution in [0.15, 0.2) is 103 Å². The van der Waals surface area contributed by atoms with E-state index in [2.05, 4.69) is 55.1 Å². The van der Waals surface area contributed by atoms with Gasteiger partial charge in [0.05, 0.1) is 0 Å². The van der Waals surface area contributed by atoms with E-state index in [1.165, 1.54) is 16.7 Å². The van der Waals surface area contributed by atoms with Crippen LogP contribution in [0.2, 0.25) is 0 Å². The SMILES string of the molecule is C=C1CC(Cc2ccc(-c3ccccc3)cc2)N(/C=C/c2ccccc2)C1=O. The molecular formula is C26H23NO. The topological polar surface area (TPSA) is 20.3 Å². The lowest BCUT2D eigenvalue weighted by molar-refractivity contribution is -0.123. The number of hydrogen-bond donors (Lipinski definition) is 0. The zero-order valence-corrected chi connectivity index (χ0v) is 15.8. The average molecular weight is 365 g/mol. The van der Waals surface area contributed by atoms with Crippen molar-refractivity contribution in [3.05, 3.63) is 114 Å². The molecule has 0 N–H and O–H groups in total. The highest BCUT2D eigenvalue weighted by atomic mass is 16.2. The fourth-order valence-electron chi connectivity index (χ4n) is 3.64. The number of amides is 1. The van der Waals surface area contributed by atoms with Gasteiger partial charge in [0.15, 0.2) is 0 Å². The molecule has 1 aliphatic heterocycles. The molecule has 1 heterocycles. The van der Waals surface area contributed by atoms with Crippen LogP contribution in [-0.2, 0) is 11.2 Å². The second-order valence-electron chi connectivity index (χ2n) is 7.17. The molecule has 0 aromatic heterocycles. The van der Waals surface area contributed by atoms with Crippen molar-refractivity contribution < 1.29 is 4.79 Å². The molecule has 0 radical (unpaired) electrons. The molecule has 3 aromatic carbocycles. The van der Waals surface area contributed by atoms with Crippen LogP contribution in [0.3, 0.4) is 0 Å². The number of likely N-dealkylation sites (tertiary alicyclic amines) is 1. The van der Waals surface area contributed by atoms with E-state index < -0.39 is 0 Å². The summed E-state index contributed by atoms with van der Waals surface area (Å²) in [5.74, 6) is 0.0260. The van der Waals surface area contributed by atoms with E-state index in [0.29, 0.717) is 12.0 Å². The van der Waals surface area contributed by atoms with Gasteiger partial charge in [0.2, 0.25) is 0 Å². The van der Waals surface area contributed by atoms with Crippen LogP contribution >= 0.6 is 0 Å². The maximum absolute atomic E-state index is 12.5. The Morgan fingerprint density at radius 2 is 1.46 bits per heavy atom. The molecule has 0 saturated carbocycles. The van der Waals surface area contributed by atoms with Gasteiger partial charge in [-0.15, -0.1) is 0 Å². The van der Waals surface area contributed by atoms with Crippen LogP contribution in [0.5, 0.6) is 0 Å². The molecular weight excluding hydrogens is 342 g/mol. The molecule has 3 aromatic rings. The molecule has 1 saturated heterocycles. The van der Waals surface area contributed by atoms with Gasteiger partial charge >= 0.3 is 0 Å². The van der Waals surface area contributed by atoms with Crippen molar-refractivity contribution in [2.75, 3.05) is 0 Å². The predicted molar refractivity (Wildman–Crippen MR) is 115 cm³/mol. The Balaban J connectivity index is 1.50. The fourth-order valence-corrected chi connectivity index (χ4v) is 3.64. The summed E-state index contributed by atoms with van der Waals surface area (Å²) in [5.41, 5.74) is 5.41. The van der Waals surface area contributed by atoms with Crippen LogP contribution in [0.25, 0.3) is 17.2 Å². The third-order valence-electron chi connectivity index (χ3n) is 5.17. The van der Waals surface area contributed by atoms with Crippen molar-refractivity contribution in [3.8, 4) is 11.1 Å². The Kier molecular flexibility index (Phi) is 5.20. The maximum atomic E-state index is 12.5. The van der Waals surface area contributed by atoms with Crippen molar-refractivity contribution in [2.24, 2.45) is 0 Å². The van der Waals surface area contributed by atoms with Gasteiger partial charge in [0, 0.05) is 17.8 Å². The van der Waals surface area contributed by atoms with E-state index >= 15 is 0 Å². The summed E-state index contributed by atoms with van der Waals surface area (Å²) in [6.45, 7) is 3.96. The Hall–Kier alpha value is -3.39. The van der Waals surface area contributed by atoms with Crippen molar-refractivity contribution in [3.63, 3.8) is 0 Å². The van der Waals surface area contributed by atoms with Gasteiger partial charge in [-0.05, 0) is 41.2 Å². The zero-order valence-electron chi connectivity index (χ0n) is 15.8. The number of rotatable bonds is 5. The van der Waals surface area contributed by atoms with Gasteiger partial charge in [-0.3, -0.25) is 4.79 Å². The average Bonchev–Trinajstić information content (AvgIpc) is 3.01. The van der Waals surface area contributed by atoms with E-state index in [1.54, 1.807) is 0 Å². The Bertz CT molecular complexity index is 988. The Morgan fingerprint density at radius 3 is 2.14 bits per heavy atom. The second-order valence-corrected chi connectivity index (χ2v) is 7.17. The van der Waals surface area contributed by atoms with Crippen LogP contribution in [0, 0.1) is 0 Å². The van der Waals surface area contributed by atoms with Gasteiger partial charge in [-0.25, -0.2) is 0 Å². The van der Waals surface area contributed by atoms with E-state index in [1.807, 2.05) is 53.6 Å². The number of carbonyl (C=O) groups is 1. The quantitative estimate of drug-likeness (QED) is 0.529. The molecule has 1 atom stereocenters.